The lowest BCUT2D eigenvalue weighted by Crippen LogP contribution is -2.08. The summed E-state index contributed by atoms with van der Waals surface area (Å²) in [6, 6.07) is 10.8. The second kappa shape index (κ2) is 5.10. The first-order chi connectivity index (χ1) is 8.22. The molecule has 2 aromatic carbocycles. The van der Waals surface area contributed by atoms with Crippen molar-refractivity contribution in [3.05, 3.63) is 42.0 Å². The van der Waals surface area contributed by atoms with Crippen molar-refractivity contribution in [1.29, 1.82) is 0 Å². The second-order valence-corrected chi connectivity index (χ2v) is 3.62. The molecule has 0 saturated carbocycles. The van der Waals surface area contributed by atoms with Crippen LogP contribution < -0.4 is 4.74 Å². The summed E-state index contributed by atoms with van der Waals surface area (Å²) in [7, 11) is 0. The van der Waals surface area contributed by atoms with Crippen LogP contribution in [0.4, 0.5) is 8.78 Å². The van der Waals surface area contributed by atoms with Gasteiger partial charge in [0, 0.05) is 5.56 Å². The molecular weight excluding hydrogens is 226 g/mol. The molecule has 0 aromatic heterocycles. The van der Waals surface area contributed by atoms with Gasteiger partial charge in [0.05, 0.1) is 6.61 Å². The van der Waals surface area contributed by atoms with Gasteiger partial charge in [0.25, 0.3) is 6.43 Å². The van der Waals surface area contributed by atoms with Gasteiger partial charge >= 0.3 is 0 Å². The normalized spacial score (nSPS) is 11.1. The molecule has 0 radical (unpaired) electrons. The van der Waals surface area contributed by atoms with Gasteiger partial charge in [0.2, 0.25) is 0 Å². The number of aliphatic hydroxyl groups is 1. The fourth-order valence-electron chi connectivity index (χ4n) is 1.77. The number of fused-ring (bicyclic) bond motifs is 1. The average molecular weight is 238 g/mol. The minimum atomic E-state index is -2.52. The molecule has 90 valence electrons. The third kappa shape index (κ3) is 2.53. The summed E-state index contributed by atoms with van der Waals surface area (Å²) >= 11 is 0. The van der Waals surface area contributed by atoms with E-state index in [1.165, 1.54) is 0 Å². The second-order valence-electron chi connectivity index (χ2n) is 3.62. The molecule has 0 fully saturated rings. The maximum Gasteiger partial charge on any atom is 0.272 e. The summed E-state index contributed by atoms with van der Waals surface area (Å²) in [4.78, 5) is 0. The molecule has 0 aliphatic heterocycles. The third-order valence-electron chi connectivity index (χ3n) is 2.52. The number of hydrogen-bond donors (Lipinski definition) is 1. The van der Waals surface area contributed by atoms with Gasteiger partial charge in [0.15, 0.2) is 0 Å². The van der Waals surface area contributed by atoms with Gasteiger partial charge in [0.1, 0.15) is 12.4 Å². The predicted molar refractivity (Wildman–Crippen MR) is 61.4 cm³/mol. The Morgan fingerprint density at radius 2 is 1.88 bits per heavy atom. The number of benzene rings is 2. The van der Waals surface area contributed by atoms with Crippen molar-refractivity contribution in [2.45, 2.75) is 13.0 Å². The van der Waals surface area contributed by atoms with Gasteiger partial charge < -0.3 is 9.84 Å². The molecule has 0 unspecified atom stereocenters. The molecule has 0 saturated heterocycles. The number of halogens is 2. The lowest BCUT2D eigenvalue weighted by molar-refractivity contribution is 0.0807. The first-order valence-electron chi connectivity index (χ1n) is 5.25. The highest BCUT2D eigenvalue weighted by atomic mass is 19.3. The standard InChI is InChI=1S/C13H12F2O2/c14-13(15)8-17-12-6-5-9-3-1-2-4-10(9)11(12)7-16/h1-6,13,16H,7-8H2. The van der Waals surface area contributed by atoms with Crippen molar-refractivity contribution in [3.8, 4) is 5.75 Å². The molecule has 4 heteroatoms. The van der Waals surface area contributed by atoms with E-state index in [0.717, 1.165) is 10.8 Å². The Morgan fingerprint density at radius 1 is 1.12 bits per heavy atom. The van der Waals surface area contributed by atoms with Gasteiger partial charge in [-0.3, -0.25) is 0 Å². The fraction of sp³-hybridized carbons (Fsp3) is 0.231. The molecule has 0 aliphatic carbocycles. The largest absolute Gasteiger partial charge is 0.487 e. The van der Waals surface area contributed by atoms with Gasteiger partial charge in [-0.15, -0.1) is 0 Å². The van der Waals surface area contributed by atoms with Crippen LogP contribution in [-0.2, 0) is 6.61 Å². The Labute approximate surface area is 97.4 Å². The Hall–Kier alpha value is -1.68. The molecule has 1 N–H and O–H groups in total. The van der Waals surface area contributed by atoms with Crippen molar-refractivity contribution in [1.82, 2.24) is 0 Å². The SMILES string of the molecule is OCc1c(OCC(F)F)ccc2ccccc12. The monoisotopic (exact) mass is 238 g/mol. The van der Waals surface area contributed by atoms with Crippen molar-refractivity contribution < 1.29 is 18.6 Å². The highest BCUT2D eigenvalue weighted by molar-refractivity contribution is 5.87. The number of ether oxygens (including phenoxy) is 1. The molecule has 0 heterocycles. The summed E-state index contributed by atoms with van der Waals surface area (Å²) in [6.45, 7) is -0.898. The van der Waals surface area contributed by atoms with Crippen LogP contribution in [0.2, 0.25) is 0 Å². The molecule has 2 aromatic rings. The smallest absolute Gasteiger partial charge is 0.272 e. The van der Waals surface area contributed by atoms with Crippen LogP contribution in [0, 0.1) is 0 Å². The van der Waals surface area contributed by atoms with Crippen LogP contribution in [0.1, 0.15) is 5.56 Å². The Morgan fingerprint density at radius 3 is 2.59 bits per heavy atom. The topological polar surface area (TPSA) is 29.5 Å². The summed E-state index contributed by atoms with van der Waals surface area (Å²) in [5, 5.41) is 11.1. The summed E-state index contributed by atoms with van der Waals surface area (Å²) in [5.74, 6) is 0.312. The predicted octanol–water partition coefficient (Wildman–Crippen LogP) is 2.98. The van der Waals surface area contributed by atoms with Gasteiger partial charge in [-0.2, -0.15) is 0 Å². The first kappa shape index (κ1) is 11.8. The number of rotatable bonds is 4. The molecule has 0 bridgehead atoms. The summed E-state index contributed by atoms with van der Waals surface area (Å²) in [5.41, 5.74) is 0.545. The van der Waals surface area contributed by atoms with Crippen molar-refractivity contribution in [3.63, 3.8) is 0 Å². The molecule has 0 aliphatic rings. The van der Waals surface area contributed by atoms with Crippen LogP contribution in [0.3, 0.4) is 0 Å². The van der Waals surface area contributed by atoms with Crippen LogP contribution in [-0.4, -0.2) is 18.1 Å². The van der Waals surface area contributed by atoms with Crippen molar-refractivity contribution in [2.24, 2.45) is 0 Å². The van der Waals surface area contributed by atoms with Crippen LogP contribution in [0.5, 0.6) is 5.75 Å². The summed E-state index contributed by atoms with van der Waals surface area (Å²) in [6.07, 6.45) is -2.52. The lowest BCUT2D eigenvalue weighted by Gasteiger charge is -2.12. The van der Waals surface area contributed by atoms with Gasteiger partial charge in [-0.25, -0.2) is 8.78 Å². The van der Waals surface area contributed by atoms with Crippen LogP contribution in [0.25, 0.3) is 10.8 Å². The van der Waals surface area contributed by atoms with Crippen LogP contribution >= 0.6 is 0 Å². The van der Waals surface area contributed by atoms with E-state index in [1.54, 1.807) is 12.1 Å². The molecule has 0 amide bonds. The minimum Gasteiger partial charge on any atom is -0.487 e. The number of alkyl halides is 2. The Kier molecular flexibility index (Phi) is 3.54. The third-order valence-corrected chi connectivity index (χ3v) is 2.52. The zero-order chi connectivity index (χ0) is 12.3. The first-order valence-corrected chi connectivity index (χ1v) is 5.25. The Bertz CT molecular complexity index is 512. The summed E-state index contributed by atoms with van der Waals surface area (Å²) < 4.78 is 29.2. The molecule has 17 heavy (non-hydrogen) atoms. The highest BCUT2D eigenvalue weighted by Gasteiger charge is 2.10. The maximum atomic E-state index is 12.1. The van der Waals surface area contributed by atoms with E-state index in [2.05, 4.69) is 0 Å². The van der Waals surface area contributed by atoms with E-state index in [-0.39, 0.29) is 6.61 Å². The number of aliphatic hydroxyl groups excluding tert-OH is 1. The van der Waals surface area contributed by atoms with E-state index >= 15 is 0 Å². The van der Waals surface area contributed by atoms with Gasteiger partial charge in [-0.1, -0.05) is 30.3 Å². The molecule has 2 nitrogen and oxygen atoms in total. The number of hydrogen-bond acceptors (Lipinski definition) is 2. The zero-order valence-electron chi connectivity index (χ0n) is 9.07. The van der Waals surface area contributed by atoms with Crippen molar-refractivity contribution >= 4 is 10.8 Å². The minimum absolute atomic E-state index is 0.236. The van der Waals surface area contributed by atoms with E-state index in [4.69, 9.17) is 4.74 Å². The van der Waals surface area contributed by atoms with E-state index in [1.807, 2.05) is 24.3 Å². The van der Waals surface area contributed by atoms with E-state index < -0.39 is 13.0 Å². The lowest BCUT2D eigenvalue weighted by atomic mass is 10.0. The zero-order valence-corrected chi connectivity index (χ0v) is 9.07. The fourth-order valence-corrected chi connectivity index (χ4v) is 1.77. The Balaban J connectivity index is 2.42. The average Bonchev–Trinajstić information content (AvgIpc) is 2.35. The molecule has 0 atom stereocenters. The van der Waals surface area contributed by atoms with Crippen molar-refractivity contribution in [2.75, 3.05) is 6.61 Å². The molecule has 0 spiro atoms. The maximum absolute atomic E-state index is 12.1. The molecule has 2 rings (SSSR count). The molecular formula is C13H12F2O2. The highest BCUT2D eigenvalue weighted by Crippen LogP contribution is 2.28. The van der Waals surface area contributed by atoms with E-state index in [9.17, 15) is 13.9 Å². The van der Waals surface area contributed by atoms with E-state index in [0.29, 0.717) is 11.3 Å². The van der Waals surface area contributed by atoms with Gasteiger partial charge in [-0.05, 0) is 16.8 Å². The van der Waals surface area contributed by atoms with Crippen LogP contribution in [0.15, 0.2) is 36.4 Å². The quantitative estimate of drug-likeness (QED) is 0.887.